The Morgan fingerprint density at radius 1 is 0.435 bits per heavy atom. The van der Waals surface area contributed by atoms with E-state index >= 15 is 0 Å². The zero-order valence-electron chi connectivity index (χ0n) is 16.4. The summed E-state index contributed by atoms with van der Waals surface area (Å²) in [5, 5.41) is 0. The molecule has 0 nitrogen and oxygen atoms in total. The van der Waals surface area contributed by atoms with E-state index in [9.17, 15) is 0 Å². The highest BCUT2D eigenvalue weighted by Crippen LogP contribution is 2.18. The van der Waals surface area contributed by atoms with Crippen molar-refractivity contribution in [3.05, 3.63) is 13.8 Å². The maximum absolute atomic E-state index is 3.92. The van der Waals surface area contributed by atoms with Crippen molar-refractivity contribution in [2.75, 3.05) is 0 Å². The topological polar surface area (TPSA) is 0 Å². The Morgan fingerprint density at radius 3 is 1.09 bits per heavy atom. The maximum Gasteiger partial charge on any atom is -0.0443 e. The van der Waals surface area contributed by atoms with Crippen LogP contribution in [0.5, 0.6) is 0 Å². The summed E-state index contributed by atoms with van der Waals surface area (Å²) in [6.07, 6.45) is 26.6. The molecule has 0 saturated heterocycles. The largest absolute Gasteiger partial charge is 0.0625 e. The normalized spacial score (nSPS) is 12.7. The Balaban J connectivity index is 3.05. The molecular formula is C23H46. The molecular weight excluding hydrogens is 276 g/mol. The molecule has 1 atom stereocenters. The average molecular weight is 323 g/mol. The van der Waals surface area contributed by atoms with Gasteiger partial charge in [0.15, 0.2) is 0 Å². The lowest BCUT2D eigenvalue weighted by Gasteiger charge is -2.10. The summed E-state index contributed by atoms with van der Waals surface area (Å²) in [7, 11) is 0. The Bertz CT molecular complexity index is 196. The molecule has 0 rings (SSSR count). The minimum Gasteiger partial charge on any atom is -0.0625 e. The number of unbranched alkanes of at least 4 members (excludes halogenated alkanes) is 15. The van der Waals surface area contributed by atoms with Crippen molar-refractivity contribution in [1.29, 1.82) is 0 Å². The maximum atomic E-state index is 3.92. The van der Waals surface area contributed by atoms with Crippen LogP contribution in [0.25, 0.3) is 0 Å². The van der Waals surface area contributed by atoms with Gasteiger partial charge in [-0.3, -0.25) is 0 Å². The molecule has 0 aliphatic carbocycles. The summed E-state index contributed by atoms with van der Waals surface area (Å²) >= 11 is 0. The highest BCUT2D eigenvalue weighted by atomic mass is 14.1. The standard InChI is InChI=1S/C23H46/c1-4-6-8-9-10-11-12-13-14-15-16-17-18-20-22-23(3)21-19-7-5-2/h23H,1-2,4-22H2,3H3. The third kappa shape index (κ3) is 20.0. The lowest BCUT2D eigenvalue weighted by Crippen LogP contribution is -1.94. The molecule has 0 aliphatic rings. The van der Waals surface area contributed by atoms with Crippen molar-refractivity contribution in [1.82, 2.24) is 0 Å². The third-order valence-corrected chi connectivity index (χ3v) is 5.14. The monoisotopic (exact) mass is 322 g/mol. The van der Waals surface area contributed by atoms with Crippen molar-refractivity contribution >= 4 is 0 Å². The fourth-order valence-electron chi connectivity index (χ4n) is 3.43. The minimum absolute atomic E-state index is 0.940. The van der Waals surface area contributed by atoms with Crippen molar-refractivity contribution in [2.45, 2.75) is 129 Å². The predicted molar refractivity (Wildman–Crippen MR) is 108 cm³/mol. The van der Waals surface area contributed by atoms with Crippen LogP contribution >= 0.6 is 0 Å². The minimum atomic E-state index is 0.940. The average Bonchev–Trinajstić information content (AvgIpc) is 2.55. The molecule has 2 radical (unpaired) electrons. The van der Waals surface area contributed by atoms with Gasteiger partial charge in [-0.25, -0.2) is 0 Å². The predicted octanol–water partition coefficient (Wildman–Crippen LogP) is 8.70. The zero-order valence-corrected chi connectivity index (χ0v) is 16.4. The van der Waals surface area contributed by atoms with Gasteiger partial charge in [-0.05, 0) is 5.92 Å². The molecule has 1 unspecified atom stereocenters. The molecule has 0 N–H and O–H groups in total. The van der Waals surface area contributed by atoms with Gasteiger partial charge < -0.3 is 0 Å². The molecule has 0 aromatic heterocycles. The Hall–Kier alpha value is 0. The van der Waals surface area contributed by atoms with E-state index in [-0.39, 0.29) is 0 Å². The quantitative estimate of drug-likeness (QED) is 0.209. The van der Waals surface area contributed by atoms with Crippen LogP contribution in [0.1, 0.15) is 129 Å². The van der Waals surface area contributed by atoms with E-state index in [0.29, 0.717) is 0 Å². The fourth-order valence-corrected chi connectivity index (χ4v) is 3.43. The van der Waals surface area contributed by atoms with Gasteiger partial charge in [-0.2, -0.15) is 0 Å². The molecule has 0 fully saturated rings. The summed E-state index contributed by atoms with van der Waals surface area (Å²) in [6, 6.07) is 0. The van der Waals surface area contributed by atoms with Gasteiger partial charge in [0.1, 0.15) is 0 Å². The molecule has 0 heteroatoms. The molecule has 0 bridgehead atoms. The lowest BCUT2D eigenvalue weighted by molar-refractivity contribution is 0.437. The van der Waals surface area contributed by atoms with Gasteiger partial charge in [0.2, 0.25) is 0 Å². The first-order chi connectivity index (χ1) is 11.3. The van der Waals surface area contributed by atoms with Gasteiger partial charge in [0.05, 0.1) is 0 Å². The van der Waals surface area contributed by atoms with E-state index in [1.807, 2.05) is 0 Å². The van der Waals surface area contributed by atoms with Crippen molar-refractivity contribution in [3.8, 4) is 0 Å². The molecule has 0 aromatic rings. The number of hydrogen-bond acceptors (Lipinski definition) is 0. The highest BCUT2D eigenvalue weighted by molar-refractivity contribution is 4.56. The van der Waals surface area contributed by atoms with E-state index in [2.05, 4.69) is 20.8 Å². The first-order valence-electron chi connectivity index (χ1n) is 10.9. The number of rotatable bonds is 19. The fraction of sp³-hybridized carbons (Fsp3) is 0.913. The lowest BCUT2D eigenvalue weighted by atomic mass is 9.96. The number of hydrogen-bond donors (Lipinski definition) is 0. The molecule has 0 heterocycles. The summed E-state index contributed by atoms with van der Waals surface area (Å²) in [5.41, 5.74) is 0. The summed E-state index contributed by atoms with van der Waals surface area (Å²) in [4.78, 5) is 0. The molecule has 0 saturated carbocycles. The Kier molecular flexibility index (Phi) is 20.0. The van der Waals surface area contributed by atoms with E-state index in [0.717, 1.165) is 18.8 Å². The van der Waals surface area contributed by atoms with Gasteiger partial charge in [0.25, 0.3) is 0 Å². The van der Waals surface area contributed by atoms with Gasteiger partial charge >= 0.3 is 0 Å². The first kappa shape index (κ1) is 23.0. The van der Waals surface area contributed by atoms with Crippen molar-refractivity contribution in [3.63, 3.8) is 0 Å². The molecule has 0 aliphatic heterocycles. The second kappa shape index (κ2) is 20.0. The van der Waals surface area contributed by atoms with E-state index in [1.165, 1.54) is 109 Å². The van der Waals surface area contributed by atoms with Crippen LogP contribution in [0.15, 0.2) is 0 Å². The van der Waals surface area contributed by atoms with Crippen LogP contribution in [-0.4, -0.2) is 0 Å². The van der Waals surface area contributed by atoms with Crippen molar-refractivity contribution in [2.24, 2.45) is 5.92 Å². The molecule has 23 heavy (non-hydrogen) atoms. The van der Waals surface area contributed by atoms with Crippen LogP contribution in [0, 0.1) is 19.8 Å². The van der Waals surface area contributed by atoms with Gasteiger partial charge in [-0.1, -0.05) is 143 Å². The highest BCUT2D eigenvalue weighted by Gasteiger charge is 2.01. The molecule has 0 amide bonds. The van der Waals surface area contributed by atoms with E-state index in [1.54, 1.807) is 0 Å². The summed E-state index contributed by atoms with van der Waals surface area (Å²) in [5.74, 6) is 0.940. The second-order valence-electron chi connectivity index (χ2n) is 7.69. The van der Waals surface area contributed by atoms with Crippen LogP contribution in [0.3, 0.4) is 0 Å². The SMILES string of the molecule is [CH2]CCCCCCCCCCCCCCCC(C)CCCC[CH2]. The second-order valence-corrected chi connectivity index (χ2v) is 7.69. The smallest absolute Gasteiger partial charge is 0.0443 e. The summed E-state index contributed by atoms with van der Waals surface area (Å²) in [6.45, 7) is 10.3. The van der Waals surface area contributed by atoms with Gasteiger partial charge in [-0.15, -0.1) is 0 Å². The Morgan fingerprint density at radius 2 is 0.696 bits per heavy atom. The Labute approximate surface area is 149 Å². The molecule has 0 spiro atoms. The van der Waals surface area contributed by atoms with E-state index in [4.69, 9.17) is 0 Å². The first-order valence-corrected chi connectivity index (χ1v) is 10.9. The van der Waals surface area contributed by atoms with Crippen LogP contribution < -0.4 is 0 Å². The third-order valence-electron chi connectivity index (χ3n) is 5.14. The van der Waals surface area contributed by atoms with E-state index < -0.39 is 0 Å². The zero-order chi connectivity index (χ0) is 17.0. The van der Waals surface area contributed by atoms with Crippen LogP contribution in [-0.2, 0) is 0 Å². The van der Waals surface area contributed by atoms with Gasteiger partial charge in [0, 0.05) is 0 Å². The molecule has 0 aromatic carbocycles. The molecule has 138 valence electrons. The summed E-state index contributed by atoms with van der Waals surface area (Å²) < 4.78 is 0. The van der Waals surface area contributed by atoms with Crippen molar-refractivity contribution < 1.29 is 0 Å². The van der Waals surface area contributed by atoms with Crippen LogP contribution in [0.2, 0.25) is 0 Å². The van der Waals surface area contributed by atoms with Crippen LogP contribution in [0.4, 0.5) is 0 Å².